The van der Waals surface area contributed by atoms with Gasteiger partial charge in [-0.25, -0.2) is 4.39 Å². The number of likely N-dealkylation sites (tertiary alicyclic amines) is 1. The van der Waals surface area contributed by atoms with Crippen molar-refractivity contribution in [3.63, 3.8) is 0 Å². The molecule has 1 N–H and O–H groups in total. The number of fused-ring (bicyclic) bond motifs is 1. The number of aromatic nitrogens is 2. The maximum atomic E-state index is 14.1. The summed E-state index contributed by atoms with van der Waals surface area (Å²) < 4.78 is 15.5. The maximum absolute atomic E-state index is 14.1. The molecule has 9 heteroatoms. The zero-order chi connectivity index (χ0) is 21.8. The summed E-state index contributed by atoms with van der Waals surface area (Å²) >= 11 is 0. The number of ketones is 1. The standard InChI is InChI=1S/C21H26BFN4O3/c1-3-6-14(22)10-24-21(30)18-9-15(23)11-26(18)19(29)12-27-17-8-5-4-7-16(17)20(25-27)13(2)28/h4-5,7-8,14-15,18H,3,6,9-12H2,1-2H3,(H,24,30)/t14?,15-,18+/m1/s1. The summed E-state index contributed by atoms with van der Waals surface area (Å²) in [7, 11) is 5.93. The van der Waals surface area contributed by atoms with Gasteiger partial charge in [0.05, 0.1) is 19.9 Å². The summed E-state index contributed by atoms with van der Waals surface area (Å²) in [6.07, 6.45) is 0.359. The Morgan fingerprint density at radius 3 is 2.77 bits per heavy atom. The lowest BCUT2D eigenvalue weighted by Gasteiger charge is -2.24. The van der Waals surface area contributed by atoms with Gasteiger partial charge in [0.2, 0.25) is 11.8 Å². The van der Waals surface area contributed by atoms with Crippen molar-refractivity contribution >= 4 is 36.3 Å². The maximum Gasteiger partial charge on any atom is 0.245 e. The highest BCUT2D eigenvalue weighted by atomic mass is 19.1. The van der Waals surface area contributed by atoms with Crippen LogP contribution in [0, 0.1) is 0 Å². The summed E-state index contributed by atoms with van der Waals surface area (Å²) in [6.45, 7) is 3.38. The topological polar surface area (TPSA) is 84.3 Å². The number of amides is 2. The minimum Gasteiger partial charge on any atom is -0.355 e. The Morgan fingerprint density at radius 1 is 1.33 bits per heavy atom. The monoisotopic (exact) mass is 412 g/mol. The fourth-order valence-electron chi connectivity index (χ4n) is 3.86. The Kier molecular flexibility index (Phi) is 6.89. The van der Waals surface area contributed by atoms with Gasteiger partial charge in [0.15, 0.2) is 5.78 Å². The first-order valence-electron chi connectivity index (χ1n) is 10.2. The first-order valence-corrected chi connectivity index (χ1v) is 10.2. The van der Waals surface area contributed by atoms with Crippen LogP contribution in [0.2, 0.25) is 5.82 Å². The first-order chi connectivity index (χ1) is 14.3. The molecule has 1 aromatic heterocycles. The van der Waals surface area contributed by atoms with Crippen LogP contribution in [0.3, 0.4) is 0 Å². The van der Waals surface area contributed by atoms with Crippen LogP contribution < -0.4 is 5.32 Å². The number of para-hydroxylation sites is 1. The number of halogens is 1. The molecular formula is C21H26BFN4O3. The molecule has 1 unspecified atom stereocenters. The van der Waals surface area contributed by atoms with Crippen LogP contribution in [0.1, 0.15) is 43.6 Å². The highest BCUT2D eigenvalue weighted by Crippen LogP contribution is 2.23. The van der Waals surface area contributed by atoms with Crippen LogP contribution in [-0.4, -0.2) is 65.4 Å². The second-order valence-corrected chi connectivity index (χ2v) is 7.77. The molecule has 0 spiro atoms. The van der Waals surface area contributed by atoms with E-state index in [2.05, 4.69) is 10.4 Å². The molecule has 2 heterocycles. The lowest BCUT2D eigenvalue weighted by Crippen LogP contribution is -2.47. The van der Waals surface area contributed by atoms with E-state index in [9.17, 15) is 18.8 Å². The smallest absolute Gasteiger partial charge is 0.245 e. The van der Waals surface area contributed by atoms with Crippen LogP contribution >= 0.6 is 0 Å². The average Bonchev–Trinajstić information content (AvgIpc) is 3.28. The van der Waals surface area contributed by atoms with Gasteiger partial charge in [-0.3, -0.25) is 19.1 Å². The first kappa shape index (κ1) is 22.0. The van der Waals surface area contributed by atoms with E-state index < -0.39 is 24.0 Å². The van der Waals surface area contributed by atoms with Crippen LogP contribution in [0.4, 0.5) is 4.39 Å². The molecule has 3 atom stereocenters. The number of nitrogens with one attached hydrogen (secondary N) is 1. The molecule has 7 nitrogen and oxygen atoms in total. The summed E-state index contributed by atoms with van der Waals surface area (Å²) in [5, 5.41) is 7.67. The van der Waals surface area contributed by atoms with E-state index in [4.69, 9.17) is 7.85 Å². The van der Waals surface area contributed by atoms with Gasteiger partial charge >= 0.3 is 0 Å². The molecule has 1 saturated heterocycles. The second-order valence-electron chi connectivity index (χ2n) is 7.77. The number of hydrogen-bond donors (Lipinski definition) is 1. The van der Waals surface area contributed by atoms with E-state index in [0.717, 1.165) is 12.8 Å². The third kappa shape index (κ3) is 4.71. The fourth-order valence-corrected chi connectivity index (χ4v) is 3.86. The Labute approximate surface area is 176 Å². The Morgan fingerprint density at radius 2 is 2.07 bits per heavy atom. The third-order valence-corrected chi connectivity index (χ3v) is 5.35. The average molecular weight is 412 g/mol. The normalized spacial score (nSPS) is 19.8. The number of rotatable bonds is 8. The molecule has 30 heavy (non-hydrogen) atoms. The van der Waals surface area contributed by atoms with E-state index in [1.807, 2.05) is 6.92 Å². The molecule has 3 rings (SSSR count). The van der Waals surface area contributed by atoms with Gasteiger partial charge in [-0.15, -0.1) is 0 Å². The van der Waals surface area contributed by atoms with Gasteiger partial charge in [-0.1, -0.05) is 43.8 Å². The molecule has 1 aliphatic heterocycles. The van der Waals surface area contributed by atoms with Gasteiger partial charge in [0.25, 0.3) is 0 Å². The SMILES string of the molecule is [B]C(CCC)CNC(=O)[C@@H]1C[C@@H](F)CN1C(=O)Cn1nc(C(C)=O)c2ccccc21. The van der Waals surface area contributed by atoms with Crippen molar-refractivity contribution < 1.29 is 18.8 Å². The second kappa shape index (κ2) is 9.41. The molecule has 2 amide bonds. The van der Waals surface area contributed by atoms with Crippen LogP contribution in [0.25, 0.3) is 10.9 Å². The number of carbonyl (C=O) groups excluding carboxylic acids is 3. The van der Waals surface area contributed by atoms with Crippen LogP contribution in [0.5, 0.6) is 0 Å². The molecule has 0 bridgehead atoms. The minimum atomic E-state index is -1.27. The van der Waals surface area contributed by atoms with Crippen molar-refractivity contribution in [3.05, 3.63) is 30.0 Å². The molecule has 0 saturated carbocycles. The van der Waals surface area contributed by atoms with Crippen molar-refractivity contribution in [3.8, 4) is 0 Å². The lowest BCUT2D eigenvalue weighted by atomic mass is 9.83. The Bertz CT molecular complexity index is 947. The van der Waals surface area contributed by atoms with E-state index in [1.165, 1.54) is 16.5 Å². The van der Waals surface area contributed by atoms with Crippen molar-refractivity contribution in [2.45, 2.75) is 57.7 Å². The Balaban J connectivity index is 1.74. The summed E-state index contributed by atoms with van der Waals surface area (Å²) in [5.74, 6) is -1.20. The summed E-state index contributed by atoms with van der Waals surface area (Å²) in [5.41, 5.74) is 0.918. The summed E-state index contributed by atoms with van der Waals surface area (Å²) in [6, 6.07) is 6.24. The molecule has 0 aliphatic carbocycles. The fraction of sp³-hybridized carbons (Fsp3) is 0.524. The van der Waals surface area contributed by atoms with Gasteiger partial charge < -0.3 is 10.2 Å². The molecular weight excluding hydrogens is 386 g/mol. The number of carbonyl (C=O) groups is 3. The minimum absolute atomic E-state index is 0.0425. The molecule has 2 radical (unpaired) electrons. The Hall–Kier alpha value is -2.71. The van der Waals surface area contributed by atoms with Crippen molar-refractivity contribution in [1.29, 1.82) is 0 Å². The number of Topliss-reactive ketones (excluding diaryl/α,β-unsaturated/α-hetero) is 1. The quantitative estimate of drug-likeness (QED) is 0.532. The zero-order valence-corrected chi connectivity index (χ0v) is 17.3. The van der Waals surface area contributed by atoms with Crippen molar-refractivity contribution in [2.75, 3.05) is 13.1 Å². The zero-order valence-electron chi connectivity index (χ0n) is 17.3. The number of hydrogen-bond acceptors (Lipinski definition) is 4. The van der Waals surface area contributed by atoms with Crippen LogP contribution in [0.15, 0.2) is 24.3 Å². The highest BCUT2D eigenvalue weighted by molar-refractivity contribution is 6.12. The highest BCUT2D eigenvalue weighted by Gasteiger charge is 2.39. The van der Waals surface area contributed by atoms with Gasteiger partial charge in [-0.05, 0) is 6.07 Å². The largest absolute Gasteiger partial charge is 0.355 e. The third-order valence-electron chi connectivity index (χ3n) is 5.35. The van der Waals surface area contributed by atoms with Crippen molar-refractivity contribution in [2.24, 2.45) is 0 Å². The predicted molar refractivity (Wildman–Crippen MR) is 112 cm³/mol. The van der Waals surface area contributed by atoms with Gasteiger partial charge in [0, 0.05) is 25.3 Å². The summed E-state index contributed by atoms with van der Waals surface area (Å²) in [4.78, 5) is 38.7. The molecule has 1 aliphatic rings. The van der Waals surface area contributed by atoms with Gasteiger partial charge in [-0.2, -0.15) is 5.10 Å². The molecule has 1 fully saturated rings. The van der Waals surface area contributed by atoms with E-state index in [0.29, 0.717) is 10.9 Å². The molecule has 158 valence electrons. The lowest BCUT2D eigenvalue weighted by molar-refractivity contribution is -0.139. The van der Waals surface area contributed by atoms with E-state index >= 15 is 0 Å². The molecule has 1 aromatic carbocycles. The van der Waals surface area contributed by atoms with Crippen LogP contribution in [-0.2, 0) is 16.1 Å². The number of alkyl halides is 1. The molecule has 2 aromatic rings. The predicted octanol–water partition coefficient (Wildman–Crippen LogP) is 2.05. The number of nitrogens with zero attached hydrogens (tertiary/aromatic N) is 3. The number of benzene rings is 1. The van der Waals surface area contributed by atoms with E-state index in [-0.39, 0.29) is 43.3 Å². The van der Waals surface area contributed by atoms with E-state index in [1.54, 1.807) is 24.3 Å². The van der Waals surface area contributed by atoms with Crippen molar-refractivity contribution in [1.82, 2.24) is 20.0 Å². The van der Waals surface area contributed by atoms with Gasteiger partial charge in [0.1, 0.15) is 24.5 Å².